The van der Waals surface area contributed by atoms with Gasteiger partial charge in [0.2, 0.25) is 0 Å². The summed E-state index contributed by atoms with van der Waals surface area (Å²) in [6, 6.07) is 0. The number of alkyl halides is 3. The number of ether oxygens (including phenoxy) is 1. The second-order valence-corrected chi connectivity index (χ2v) is 2.80. The minimum atomic E-state index is -4.73. The van der Waals surface area contributed by atoms with Crippen molar-refractivity contribution in [1.29, 1.82) is 0 Å². The van der Waals surface area contributed by atoms with Crippen LogP contribution in [0.3, 0.4) is 0 Å². The molecule has 1 aromatic heterocycles. The molecule has 0 atom stereocenters. The van der Waals surface area contributed by atoms with E-state index >= 15 is 0 Å². The van der Waals surface area contributed by atoms with Gasteiger partial charge in [-0.2, -0.15) is 0 Å². The third kappa shape index (κ3) is 2.27. The highest BCUT2D eigenvalue weighted by molar-refractivity contribution is 5.56. The fraction of sp³-hybridized carbons (Fsp3) is 0.375. The van der Waals surface area contributed by atoms with Crippen molar-refractivity contribution in [2.75, 3.05) is 5.73 Å². The number of hydrogen-bond acceptors (Lipinski definition) is 3. The van der Waals surface area contributed by atoms with E-state index in [-0.39, 0.29) is 11.4 Å². The molecule has 1 aromatic rings. The van der Waals surface area contributed by atoms with Crippen molar-refractivity contribution >= 4 is 5.69 Å². The lowest BCUT2D eigenvalue weighted by molar-refractivity contribution is -0.274. The Kier molecular flexibility index (Phi) is 2.55. The monoisotopic (exact) mass is 206 g/mol. The normalized spacial score (nSPS) is 11.5. The molecule has 2 N–H and O–H groups in total. The van der Waals surface area contributed by atoms with Crippen LogP contribution in [0, 0.1) is 13.8 Å². The second-order valence-electron chi connectivity index (χ2n) is 2.80. The summed E-state index contributed by atoms with van der Waals surface area (Å²) < 4.78 is 39.6. The van der Waals surface area contributed by atoms with Gasteiger partial charge in [0, 0.05) is 11.3 Å². The quantitative estimate of drug-likeness (QED) is 0.766. The van der Waals surface area contributed by atoms with Crippen LogP contribution in [0.2, 0.25) is 0 Å². The molecule has 6 heteroatoms. The first-order chi connectivity index (χ1) is 6.31. The van der Waals surface area contributed by atoms with Crippen molar-refractivity contribution in [1.82, 2.24) is 4.98 Å². The summed E-state index contributed by atoms with van der Waals surface area (Å²) in [6.07, 6.45) is -3.59. The van der Waals surface area contributed by atoms with Crippen LogP contribution in [-0.4, -0.2) is 11.3 Å². The van der Waals surface area contributed by atoms with Crippen molar-refractivity contribution in [2.24, 2.45) is 0 Å². The number of aromatic nitrogens is 1. The van der Waals surface area contributed by atoms with Gasteiger partial charge in [-0.25, -0.2) is 0 Å². The molecule has 1 heterocycles. The number of hydrogen-bond donors (Lipinski definition) is 1. The number of rotatable bonds is 1. The van der Waals surface area contributed by atoms with Crippen molar-refractivity contribution in [2.45, 2.75) is 20.2 Å². The Hall–Kier alpha value is -1.46. The van der Waals surface area contributed by atoms with Gasteiger partial charge in [-0.05, 0) is 13.8 Å². The molecule has 14 heavy (non-hydrogen) atoms. The number of anilines is 1. The third-order valence-corrected chi connectivity index (χ3v) is 1.76. The van der Waals surface area contributed by atoms with Crippen LogP contribution in [0.15, 0.2) is 6.20 Å². The maximum Gasteiger partial charge on any atom is 0.573 e. The van der Waals surface area contributed by atoms with Gasteiger partial charge in [-0.1, -0.05) is 0 Å². The molecule has 0 fully saturated rings. The van der Waals surface area contributed by atoms with Gasteiger partial charge in [0.25, 0.3) is 0 Å². The molecular weight excluding hydrogens is 197 g/mol. The topological polar surface area (TPSA) is 48.1 Å². The van der Waals surface area contributed by atoms with Gasteiger partial charge >= 0.3 is 6.36 Å². The van der Waals surface area contributed by atoms with E-state index in [9.17, 15) is 13.2 Å². The summed E-state index contributed by atoms with van der Waals surface area (Å²) in [5.41, 5.74) is 5.94. The minimum Gasteiger partial charge on any atom is -0.403 e. The lowest BCUT2D eigenvalue weighted by atomic mass is 10.2. The number of halogens is 3. The van der Waals surface area contributed by atoms with Crippen molar-refractivity contribution in [3.8, 4) is 5.75 Å². The van der Waals surface area contributed by atoms with Crippen LogP contribution in [0.1, 0.15) is 11.3 Å². The summed E-state index contributed by atoms with van der Waals surface area (Å²) in [5.74, 6) is -0.370. The molecule has 0 bridgehead atoms. The van der Waals surface area contributed by atoms with Crippen molar-refractivity contribution in [3.05, 3.63) is 17.5 Å². The van der Waals surface area contributed by atoms with E-state index in [1.165, 1.54) is 6.92 Å². The molecule has 0 saturated carbocycles. The largest absolute Gasteiger partial charge is 0.573 e. The molecule has 0 unspecified atom stereocenters. The molecule has 78 valence electrons. The van der Waals surface area contributed by atoms with Crippen LogP contribution in [0.4, 0.5) is 18.9 Å². The predicted octanol–water partition coefficient (Wildman–Crippen LogP) is 2.18. The molecule has 0 amide bonds. The van der Waals surface area contributed by atoms with Gasteiger partial charge in [-0.15, -0.1) is 13.2 Å². The van der Waals surface area contributed by atoms with Crippen molar-refractivity contribution < 1.29 is 17.9 Å². The number of aryl methyl sites for hydroxylation is 1. The Morgan fingerprint density at radius 1 is 1.36 bits per heavy atom. The average molecular weight is 206 g/mol. The molecule has 0 saturated heterocycles. The zero-order valence-corrected chi connectivity index (χ0v) is 7.64. The maximum atomic E-state index is 11.9. The summed E-state index contributed by atoms with van der Waals surface area (Å²) in [4.78, 5) is 3.80. The zero-order valence-electron chi connectivity index (χ0n) is 7.64. The number of nitrogens with zero attached hydrogens (tertiary/aromatic N) is 1. The molecule has 0 spiro atoms. The van der Waals surface area contributed by atoms with Gasteiger partial charge in [0.15, 0.2) is 5.75 Å². The molecule has 0 aromatic carbocycles. The van der Waals surface area contributed by atoms with Gasteiger partial charge in [0.05, 0.1) is 11.9 Å². The standard InChI is InChI=1S/C8H9F3N2O/c1-4-5(2)13-3-6(12)7(4)14-8(9,10)11/h3H,12H2,1-2H3. The van der Waals surface area contributed by atoms with Gasteiger partial charge in [-0.3, -0.25) is 4.98 Å². The van der Waals surface area contributed by atoms with Crippen LogP contribution < -0.4 is 10.5 Å². The maximum absolute atomic E-state index is 11.9. The summed E-state index contributed by atoms with van der Waals surface area (Å²) in [5, 5.41) is 0. The summed E-state index contributed by atoms with van der Waals surface area (Å²) in [6.45, 7) is 3.05. The van der Waals surface area contributed by atoms with Crippen molar-refractivity contribution in [3.63, 3.8) is 0 Å². The first-order valence-corrected chi connectivity index (χ1v) is 3.78. The van der Waals surface area contributed by atoms with E-state index in [1.807, 2.05) is 0 Å². The Labute approximate surface area is 78.7 Å². The van der Waals surface area contributed by atoms with E-state index in [0.29, 0.717) is 11.3 Å². The highest BCUT2D eigenvalue weighted by Gasteiger charge is 2.33. The Balaban J connectivity index is 3.13. The zero-order chi connectivity index (χ0) is 10.9. The number of nitrogens with two attached hydrogens (primary N) is 1. The molecule has 1 rings (SSSR count). The number of pyridine rings is 1. The smallest absolute Gasteiger partial charge is 0.403 e. The lowest BCUT2D eigenvalue weighted by Crippen LogP contribution is -2.19. The first-order valence-electron chi connectivity index (χ1n) is 3.78. The second kappa shape index (κ2) is 3.36. The van der Waals surface area contributed by atoms with Crippen LogP contribution in [0.5, 0.6) is 5.75 Å². The van der Waals surface area contributed by atoms with E-state index in [1.54, 1.807) is 6.92 Å². The van der Waals surface area contributed by atoms with Gasteiger partial charge < -0.3 is 10.5 Å². The fourth-order valence-electron chi connectivity index (χ4n) is 0.954. The summed E-state index contributed by atoms with van der Waals surface area (Å²) >= 11 is 0. The molecular formula is C8H9F3N2O. The van der Waals surface area contributed by atoms with E-state index < -0.39 is 6.36 Å². The highest BCUT2D eigenvalue weighted by atomic mass is 19.4. The first kappa shape index (κ1) is 10.6. The minimum absolute atomic E-state index is 0.120. The van der Waals surface area contributed by atoms with E-state index in [4.69, 9.17) is 5.73 Å². The average Bonchev–Trinajstić information content (AvgIpc) is 2.04. The third-order valence-electron chi connectivity index (χ3n) is 1.76. The number of nitrogen functional groups attached to an aromatic ring is 1. The van der Waals surface area contributed by atoms with Gasteiger partial charge in [0.1, 0.15) is 0 Å². The lowest BCUT2D eigenvalue weighted by Gasteiger charge is -2.14. The molecule has 0 aliphatic heterocycles. The van der Waals surface area contributed by atoms with E-state index in [0.717, 1.165) is 6.20 Å². The Morgan fingerprint density at radius 3 is 2.43 bits per heavy atom. The van der Waals surface area contributed by atoms with E-state index in [2.05, 4.69) is 9.72 Å². The predicted molar refractivity (Wildman–Crippen MR) is 44.8 cm³/mol. The van der Waals surface area contributed by atoms with Crippen LogP contribution in [0.25, 0.3) is 0 Å². The molecule has 0 radical (unpaired) electrons. The molecule has 0 aliphatic carbocycles. The highest BCUT2D eigenvalue weighted by Crippen LogP contribution is 2.31. The fourth-order valence-corrected chi connectivity index (χ4v) is 0.954. The SMILES string of the molecule is Cc1ncc(N)c(OC(F)(F)F)c1C. The Bertz CT molecular complexity index is 349. The molecule has 0 aliphatic rings. The molecule has 3 nitrogen and oxygen atoms in total. The van der Waals surface area contributed by atoms with Crippen LogP contribution >= 0.6 is 0 Å². The Morgan fingerprint density at radius 2 is 1.93 bits per heavy atom. The summed E-state index contributed by atoms with van der Waals surface area (Å²) in [7, 11) is 0. The van der Waals surface area contributed by atoms with Crippen LogP contribution in [-0.2, 0) is 0 Å².